The van der Waals surface area contributed by atoms with Crippen molar-refractivity contribution in [1.29, 1.82) is 0 Å². The molecule has 0 saturated carbocycles. The Morgan fingerprint density at radius 2 is 1.74 bits per heavy atom. The van der Waals surface area contributed by atoms with Crippen molar-refractivity contribution in [3.05, 3.63) is 54.6 Å². The number of para-hydroxylation sites is 1. The predicted molar refractivity (Wildman–Crippen MR) is 84.0 cm³/mol. The summed E-state index contributed by atoms with van der Waals surface area (Å²) in [6, 6.07) is 17.2. The molecule has 0 bridgehead atoms. The second-order valence-corrected chi connectivity index (χ2v) is 5.07. The molecule has 0 saturated heterocycles. The Bertz CT molecular complexity index is 942. The quantitative estimate of drug-likeness (QED) is 0.521. The van der Waals surface area contributed by atoms with E-state index in [-0.39, 0.29) is 22.8 Å². The fourth-order valence-electron chi connectivity index (χ4n) is 2.62. The minimum Gasteiger partial charge on any atom is -0.870 e. The van der Waals surface area contributed by atoms with Crippen LogP contribution in [0.3, 0.4) is 0 Å². The van der Waals surface area contributed by atoms with E-state index in [1.165, 1.54) is 7.11 Å². The van der Waals surface area contributed by atoms with Crippen molar-refractivity contribution in [3.63, 3.8) is 0 Å². The first-order chi connectivity index (χ1) is 10.8. The Balaban J connectivity index is 0.00000156. The standard InChI is InChI=1S/C18H13N2O2.Cu/c1-22-16-8-4-7-13(17(16)21)18-19-14-9-11-5-2-3-6-12(11)10-15(14)20-18;/h2-10H,1H3,(H-,19,20,21);/q-1;+2/p-1. The maximum atomic E-state index is 12.3. The topological polar surface area (TPSA) is 59.3 Å². The van der Waals surface area contributed by atoms with Crippen LogP contribution < -0.4 is 14.8 Å². The first-order valence-electron chi connectivity index (χ1n) is 6.94. The summed E-state index contributed by atoms with van der Waals surface area (Å²) in [6.45, 7) is 0. The van der Waals surface area contributed by atoms with Crippen molar-refractivity contribution in [2.75, 3.05) is 7.11 Å². The summed E-state index contributed by atoms with van der Waals surface area (Å²) in [6.07, 6.45) is 0. The van der Waals surface area contributed by atoms with E-state index >= 15 is 0 Å². The van der Waals surface area contributed by atoms with Gasteiger partial charge in [0.05, 0.1) is 7.11 Å². The van der Waals surface area contributed by atoms with Crippen molar-refractivity contribution in [1.82, 2.24) is 9.97 Å². The Labute approximate surface area is 143 Å². The number of hydrogen-bond acceptors (Lipinski definition) is 3. The van der Waals surface area contributed by atoms with Crippen molar-refractivity contribution in [2.24, 2.45) is 0 Å². The number of imidazole rings is 1. The molecule has 0 aliphatic carbocycles. The zero-order valence-corrected chi connectivity index (χ0v) is 13.2. The predicted octanol–water partition coefficient (Wildman–Crippen LogP) is 3.09. The molecule has 1 radical (unpaired) electrons. The fraction of sp³-hybridized carbons (Fsp3) is 0.0556. The van der Waals surface area contributed by atoms with Gasteiger partial charge in [0, 0.05) is 0 Å². The SMILES string of the molecule is COc1cccc(-c2nc3cc4ccccc4cc3[n-]2)c1[O-].[Cu+2]. The summed E-state index contributed by atoms with van der Waals surface area (Å²) >= 11 is 0. The molecule has 0 N–H and O–H groups in total. The van der Waals surface area contributed by atoms with Crippen LogP contribution in [0.4, 0.5) is 0 Å². The Morgan fingerprint density at radius 3 is 2.48 bits per heavy atom. The van der Waals surface area contributed by atoms with E-state index in [1.807, 2.05) is 36.4 Å². The van der Waals surface area contributed by atoms with E-state index in [4.69, 9.17) is 4.74 Å². The molecule has 0 aliphatic heterocycles. The molecular weight excluding hydrogens is 340 g/mol. The third-order valence-corrected chi connectivity index (χ3v) is 3.74. The van der Waals surface area contributed by atoms with Crippen LogP contribution >= 0.6 is 0 Å². The zero-order chi connectivity index (χ0) is 15.1. The van der Waals surface area contributed by atoms with Gasteiger partial charge in [-0.3, -0.25) is 0 Å². The van der Waals surface area contributed by atoms with Gasteiger partial charge in [-0.2, -0.15) is 0 Å². The summed E-state index contributed by atoms with van der Waals surface area (Å²) in [4.78, 5) is 9.01. The van der Waals surface area contributed by atoms with Gasteiger partial charge in [0.15, 0.2) is 0 Å². The first-order valence-corrected chi connectivity index (χ1v) is 6.94. The molecule has 0 aliphatic rings. The van der Waals surface area contributed by atoms with Gasteiger partial charge in [-0.25, -0.2) is 0 Å². The molecule has 0 atom stereocenters. The molecule has 0 fully saturated rings. The average Bonchev–Trinajstić information content (AvgIpc) is 2.95. The van der Waals surface area contributed by atoms with Crippen LogP contribution in [0.2, 0.25) is 0 Å². The molecule has 4 nitrogen and oxygen atoms in total. The van der Waals surface area contributed by atoms with E-state index in [2.05, 4.69) is 9.97 Å². The van der Waals surface area contributed by atoms with Crippen molar-refractivity contribution in [3.8, 4) is 22.9 Å². The maximum Gasteiger partial charge on any atom is 2.00 e. The van der Waals surface area contributed by atoms with Gasteiger partial charge in [-0.1, -0.05) is 60.1 Å². The van der Waals surface area contributed by atoms with Crippen molar-refractivity contribution < 1.29 is 26.9 Å². The number of aromatic nitrogens is 2. The maximum absolute atomic E-state index is 12.3. The smallest absolute Gasteiger partial charge is 0.870 e. The summed E-state index contributed by atoms with van der Waals surface area (Å²) < 4.78 is 5.08. The number of hydrogen-bond donors (Lipinski definition) is 0. The number of fused-ring (bicyclic) bond motifs is 2. The first kappa shape index (κ1) is 15.4. The Hall–Kier alpha value is -2.49. The fourth-order valence-corrected chi connectivity index (χ4v) is 2.62. The van der Waals surface area contributed by atoms with Gasteiger partial charge in [0.25, 0.3) is 0 Å². The Kier molecular flexibility index (Phi) is 3.99. The number of nitrogens with zero attached hydrogens (tertiary/aromatic N) is 2. The monoisotopic (exact) mass is 351 g/mol. The third-order valence-electron chi connectivity index (χ3n) is 3.74. The van der Waals surface area contributed by atoms with E-state index in [9.17, 15) is 5.11 Å². The largest absolute Gasteiger partial charge is 2.00 e. The number of rotatable bonds is 2. The number of benzene rings is 3. The molecule has 1 heterocycles. The number of methoxy groups -OCH3 is 1. The van der Waals surface area contributed by atoms with Gasteiger partial charge in [0.2, 0.25) is 0 Å². The normalized spacial score (nSPS) is 10.7. The third kappa shape index (κ3) is 2.54. The van der Waals surface area contributed by atoms with E-state index < -0.39 is 0 Å². The van der Waals surface area contributed by atoms with E-state index in [1.54, 1.807) is 18.2 Å². The molecule has 117 valence electrons. The molecule has 0 amide bonds. The molecular formula is C18H12CuN2O2. The summed E-state index contributed by atoms with van der Waals surface area (Å²) in [7, 11) is 1.48. The van der Waals surface area contributed by atoms with Gasteiger partial charge in [0.1, 0.15) is 5.75 Å². The molecule has 5 heteroatoms. The van der Waals surface area contributed by atoms with Gasteiger partial charge in [-0.05, 0) is 33.4 Å². The molecule has 4 rings (SSSR count). The van der Waals surface area contributed by atoms with Crippen LogP contribution in [0.5, 0.6) is 11.5 Å². The summed E-state index contributed by atoms with van der Waals surface area (Å²) in [5.74, 6) is 0.551. The molecule has 23 heavy (non-hydrogen) atoms. The molecule has 0 unspecified atom stereocenters. The van der Waals surface area contributed by atoms with Crippen LogP contribution in [0.1, 0.15) is 0 Å². The van der Waals surface area contributed by atoms with E-state index in [0.717, 1.165) is 21.8 Å². The minimum absolute atomic E-state index is 0. The minimum atomic E-state index is -0.190. The van der Waals surface area contributed by atoms with Gasteiger partial charge in [-0.15, -0.1) is 0 Å². The van der Waals surface area contributed by atoms with Crippen LogP contribution in [0.25, 0.3) is 33.2 Å². The number of ether oxygens (including phenoxy) is 1. The van der Waals surface area contributed by atoms with Crippen LogP contribution in [0.15, 0.2) is 54.6 Å². The Morgan fingerprint density at radius 1 is 1.00 bits per heavy atom. The molecule has 4 aromatic rings. The second kappa shape index (κ2) is 5.95. The molecule has 3 aromatic carbocycles. The summed E-state index contributed by atoms with van der Waals surface area (Å²) in [5, 5.41) is 14.5. The van der Waals surface area contributed by atoms with Crippen LogP contribution in [-0.4, -0.2) is 12.1 Å². The zero-order valence-electron chi connectivity index (χ0n) is 12.2. The van der Waals surface area contributed by atoms with Crippen LogP contribution in [-0.2, 0) is 17.1 Å². The van der Waals surface area contributed by atoms with Crippen LogP contribution in [0, 0.1) is 0 Å². The molecule has 0 spiro atoms. The van der Waals surface area contributed by atoms with Crippen molar-refractivity contribution in [2.45, 2.75) is 0 Å². The van der Waals surface area contributed by atoms with Gasteiger partial charge < -0.3 is 19.8 Å². The summed E-state index contributed by atoms with van der Waals surface area (Å²) in [5.41, 5.74) is 2.03. The van der Waals surface area contributed by atoms with Crippen molar-refractivity contribution >= 4 is 21.8 Å². The van der Waals surface area contributed by atoms with Gasteiger partial charge >= 0.3 is 17.1 Å². The second-order valence-electron chi connectivity index (χ2n) is 5.07. The average molecular weight is 352 g/mol. The van der Waals surface area contributed by atoms with E-state index in [0.29, 0.717) is 17.1 Å². The molecule has 1 aromatic heterocycles.